The summed E-state index contributed by atoms with van der Waals surface area (Å²) in [6, 6.07) is 5.07. The first-order valence-corrected chi connectivity index (χ1v) is 6.39. The van der Waals surface area contributed by atoms with Crippen LogP contribution in [0, 0.1) is 5.92 Å². The molecule has 1 aromatic rings. The van der Waals surface area contributed by atoms with Crippen molar-refractivity contribution in [3.8, 4) is 0 Å². The molecule has 0 spiro atoms. The lowest BCUT2D eigenvalue weighted by atomic mass is 10.2. The minimum absolute atomic E-state index is 0. The van der Waals surface area contributed by atoms with E-state index in [0.29, 0.717) is 18.2 Å². The lowest BCUT2D eigenvalue weighted by molar-refractivity contribution is -0.120. The summed E-state index contributed by atoms with van der Waals surface area (Å²) in [4.78, 5) is 27.3. The van der Waals surface area contributed by atoms with E-state index in [2.05, 4.69) is 15.6 Å². The molecule has 0 bridgehead atoms. The molecule has 21 heavy (non-hydrogen) atoms. The van der Waals surface area contributed by atoms with Crippen LogP contribution in [0.25, 0.3) is 0 Å². The maximum Gasteiger partial charge on any atom is 0.270 e. The van der Waals surface area contributed by atoms with Gasteiger partial charge in [0.05, 0.1) is 6.54 Å². The van der Waals surface area contributed by atoms with Gasteiger partial charge in [0.1, 0.15) is 5.69 Å². The van der Waals surface area contributed by atoms with Crippen molar-refractivity contribution in [1.29, 1.82) is 0 Å². The van der Waals surface area contributed by atoms with Crippen LogP contribution >= 0.6 is 24.8 Å². The van der Waals surface area contributed by atoms with Crippen molar-refractivity contribution >= 4 is 36.6 Å². The standard InChI is InChI=1S/C13H18N4O2.2ClH/c14-7-11(9-4-5-9)17-12(18)8-16-13(19)10-3-1-2-6-15-10;;/h1-3,6,9,11H,4-5,7-8,14H2,(H,16,19)(H,17,18);2*1H. The number of hydrogen-bond acceptors (Lipinski definition) is 4. The smallest absolute Gasteiger partial charge is 0.270 e. The maximum absolute atomic E-state index is 11.7. The molecule has 1 aliphatic rings. The van der Waals surface area contributed by atoms with E-state index in [9.17, 15) is 9.59 Å². The van der Waals surface area contributed by atoms with E-state index in [1.54, 1.807) is 18.2 Å². The number of carbonyl (C=O) groups is 2. The molecular formula is C13H20Cl2N4O2. The highest BCUT2D eigenvalue weighted by atomic mass is 35.5. The van der Waals surface area contributed by atoms with E-state index in [1.165, 1.54) is 6.20 Å². The summed E-state index contributed by atoms with van der Waals surface area (Å²) in [7, 11) is 0. The number of pyridine rings is 1. The van der Waals surface area contributed by atoms with Crippen LogP contribution in [0.15, 0.2) is 24.4 Å². The molecule has 1 atom stereocenters. The molecule has 1 fully saturated rings. The number of nitrogens with two attached hydrogens (primary N) is 1. The van der Waals surface area contributed by atoms with Crippen molar-refractivity contribution in [2.24, 2.45) is 11.7 Å². The fraction of sp³-hybridized carbons (Fsp3) is 0.462. The summed E-state index contributed by atoms with van der Waals surface area (Å²) < 4.78 is 0. The second-order valence-electron chi connectivity index (χ2n) is 4.64. The van der Waals surface area contributed by atoms with Crippen LogP contribution in [0.3, 0.4) is 0 Å². The van der Waals surface area contributed by atoms with Crippen LogP contribution in [0.4, 0.5) is 0 Å². The Balaban J connectivity index is 0.00000200. The molecule has 2 rings (SSSR count). The highest BCUT2D eigenvalue weighted by molar-refractivity contribution is 5.94. The molecule has 1 aliphatic carbocycles. The van der Waals surface area contributed by atoms with E-state index >= 15 is 0 Å². The van der Waals surface area contributed by atoms with E-state index in [1.807, 2.05) is 0 Å². The zero-order valence-electron chi connectivity index (χ0n) is 11.5. The molecule has 8 heteroatoms. The molecule has 118 valence electrons. The van der Waals surface area contributed by atoms with Crippen LogP contribution in [0.2, 0.25) is 0 Å². The topological polar surface area (TPSA) is 97.1 Å². The van der Waals surface area contributed by atoms with E-state index in [4.69, 9.17) is 5.73 Å². The predicted octanol–water partition coefficient (Wildman–Crippen LogP) is 0.508. The Kier molecular flexibility index (Phi) is 8.92. The van der Waals surface area contributed by atoms with Crippen molar-refractivity contribution < 1.29 is 9.59 Å². The summed E-state index contributed by atoms with van der Waals surface area (Å²) in [6.45, 7) is 0.378. The first-order valence-electron chi connectivity index (χ1n) is 6.39. The van der Waals surface area contributed by atoms with Crippen molar-refractivity contribution in [3.63, 3.8) is 0 Å². The third kappa shape index (κ3) is 6.29. The van der Waals surface area contributed by atoms with Gasteiger partial charge in [-0.25, -0.2) is 0 Å². The van der Waals surface area contributed by atoms with Crippen molar-refractivity contribution in [1.82, 2.24) is 15.6 Å². The van der Waals surface area contributed by atoms with Gasteiger partial charge in [-0.15, -0.1) is 24.8 Å². The van der Waals surface area contributed by atoms with Gasteiger partial charge in [-0.1, -0.05) is 6.07 Å². The average Bonchev–Trinajstić information content (AvgIpc) is 3.27. The molecule has 0 aliphatic heterocycles. The Bertz CT molecular complexity index is 455. The van der Waals surface area contributed by atoms with Gasteiger partial charge in [-0.2, -0.15) is 0 Å². The summed E-state index contributed by atoms with van der Waals surface area (Å²) in [5.74, 6) is -0.0708. The summed E-state index contributed by atoms with van der Waals surface area (Å²) >= 11 is 0. The van der Waals surface area contributed by atoms with Crippen molar-refractivity contribution in [2.45, 2.75) is 18.9 Å². The molecule has 0 aromatic carbocycles. The number of carbonyl (C=O) groups excluding carboxylic acids is 2. The predicted molar refractivity (Wildman–Crippen MR) is 84.8 cm³/mol. The molecule has 1 unspecified atom stereocenters. The fourth-order valence-electron chi connectivity index (χ4n) is 1.87. The average molecular weight is 335 g/mol. The number of rotatable bonds is 6. The highest BCUT2D eigenvalue weighted by Crippen LogP contribution is 2.32. The van der Waals surface area contributed by atoms with Crippen molar-refractivity contribution in [3.05, 3.63) is 30.1 Å². The normalized spacial score (nSPS) is 14.1. The zero-order valence-corrected chi connectivity index (χ0v) is 13.1. The second-order valence-corrected chi connectivity index (χ2v) is 4.64. The van der Waals surface area contributed by atoms with Gasteiger partial charge in [-0.3, -0.25) is 14.6 Å². The summed E-state index contributed by atoms with van der Waals surface area (Å²) in [5.41, 5.74) is 5.90. The van der Waals surface area contributed by atoms with Crippen LogP contribution in [-0.2, 0) is 4.79 Å². The number of nitrogens with zero attached hydrogens (tertiary/aromatic N) is 1. The van der Waals surface area contributed by atoms with E-state index in [-0.39, 0.29) is 49.2 Å². The minimum atomic E-state index is -0.355. The van der Waals surface area contributed by atoms with Gasteiger partial charge in [0.15, 0.2) is 0 Å². The maximum atomic E-state index is 11.7. The lowest BCUT2D eigenvalue weighted by Gasteiger charge is -2.16. The van der Waals surface area contributed by atoms with Gasteiger partial charge in [0.2, 0.25) is 5.91 Å². The molecule has 1 aromatic heterocycles. The van der Waals surface area contributed by atoms with Gasteiger partial charge in [-0.05, 0) is 30.9 Å². The second kappa shape index (κ2) is 9.55. The number of halogens is 2. The Morgan fingerprint density at radius 3 is 2.57 bits per heavy atom. The van der Waals surface area contributed by atoms with Gasteiger partial charge in [0.25, 0.3) is 5.91 Å². The van der Waals surface area contributed by atoms with E-state index in [0.717, 1.165) is 12.8 Å². The minimum Gasteiger partial charge on any atom is -0.350 e. The Hall–Kier alpha value is -1.37. The quantitative estimate of drug-likeness (QED) is 0.706. The lowest BCUT2D eigenvalue weighted by Crippen LogP contribution is -2.46. The Labute approximate surface area is 136 Å². The fourth-order valence-corrected chi connectivity index (χ4v) is 1.87. The van der Waals surface area contributed by atoms with Crippen LogP contribution in [0.5, 0.6) is 0 Å². The molecule has 0 radical (unpaired) electrons. The summed E-state index contributed by atoms with van der Waals surface area (Å²) in [5, 5.41) is 5.37. The molecular weight excluding hydrogens is 315 g/mol. The number of amides is 2. The van der Waals surface area contributed by atoms with Gasteiger partial charge < -0.3 is 16.4 Å². The molecule has 2 amide bonds. The number of hydrogen-bond donors (Lipinski definition) is 3. The number of aromatic nitrogens is 1. The third-order valence-electron chi connectivity index (χ3n) is 3.10. The largest absolute Gasteiger partial charge is 0.350 e. The van der Waals surface area contributed by atoms with Crippen LogP contribution in [-0.4, -0.2) is 35.9 Å². The third-order valence-corrected chi connectivity index (χ3v) is 3.10. The Morgan fingerprint density at radius 1 is 1.33 bits per heavy atom. The summed E-state index contributed by atoms with van der Waals surface area (Å²) in [6.07, 6.45) is 3.76. The molecule has 1 heterocycles. The Morgan fingerprint density at radius 2 is 2.05 bits per heavy atom. The van der Waals surface area contributed by atoms with E-state index < -0.39 is 0 Å². The highest BCUT2D eigenvalue weighted by Gasteiger charge is 2.31. The van der Waals surface area contributed by atoms with Crippen molar-refractivity contribution in [2.75, 3.05) is 13.1 Å². The molecule has 4 N–H and O–H groups in total. The number of nitrogens with one attached hydrogen (secondary N) is 2. The van der Waals surface area contributed by atoms with Gasteiger partial charge in [0, 0.05) is 18.8 Å². The first-order chi connectivity index (χ1) is 9.20. The van der Waals surface area contributed by atoms with Crippen LogP contribution in [0.1, 0.15) is 23.3 Å². The van der Waals surface area contributed by atoms with Crippen LogP contribution < -0.4 is 16.4 Å². The SMILES string of the molecule is Cl.Cl.NCC(NC(=O)CNC(=O)c1ccccn1)C1CC1. The molecule has 6 nitrogen and oxygen atoms in total. The molecule has 1 saturated carbocycles. The first kappa shape index (κ1) is 19.6. The molecule has 0 saturated heterocycles. The zero-order chi connectivity index (χ0) is 13.7. The monoisotopic (exact) mass is 334 g/mol. The van der Waals surface area contributed by atoms with Gasteiger partial charge >= 0.3 is 0 Å².